The van der Waals surface area contributed by atoms with Gasteiger partial charge in [-0.3, -0.25) is 0 Å². The van der Waals surface area contributed by atoms with E-state index in [4.69, 9.17) is 9.15 Å². The molecule has 8 aliphatic rings. The maximum atomic E-state index is 6.57. The Balaban J connectivity index is 0.933. The Kier molecular flexibility index (Phi) is 5.73. The summed E-state index contributed by atoms with van der Waals surface area (Å²) in [6.07, 6.45) is 41.6. The lowest BCUT2D eigenvalue weighted by molar-refractivity contribution is 0.189. The van der Waals surface area contributed by atoms with Crippen LogP contribution in [-0.2, 0) is 11.2 Å². The van der Waals surface area contributed by atoms with Gasteiger partial charge in [-0.2, -0.15) is 0 Å². The monoisotopic (exact) mass is 587 g/mol. The minimum atomic E-state index is 0.0157. The van der Waals surface area contributed by atoms with Gasteiger partial charge in [0.2, 0.25) is 0 Å². The average Bonchev–Trinajstić information content (AvgIpc) is 3.76. The number of benzene rings is 1. The molecule has 2 aromatic rings. The number of hydrogen-bond donors (Lipinski definition) is 0. The SMILES string of the molecule is C1=CCC(C2C=Cc3oc4c(c3C2)=CC2C3=C(C=CC(C5=CCC6C(=C5)C5C=CC=CC5N6c5ccccc5)C3)OC2C=4)C=C1. The number of ether oxygens (including phenoxy) is 1. The predicted octanol–water partition coefficient (Wildman–Crippen LogP) is 7.27. The molecule has 6 aliphatic carbocycles. The van der Waals surface area contributed by atoms with Crippen LogP contribution >= 0.6 is 0 Å². The van der Waals surface area contributed by atoms with E-state index in [2.05, 4.69) is 132 Å². The number of nitrogens with zero attached hydrogens (tertiary/aromatic N) is 1. The van der Waals surface area contributed by atoms with E-state index in [1.165, 1.54) is 27.6 Å². The molecule has 45 heavy (non-hydrogen) atoms. The predicted molar refractivity (Wildman–Crippen MR) is 181 cm³/mol. The molecular formula is C42H37NO2. The van der Waals surface area contributed by atoms with Crippen molar-refractivity contribution in [3.63, 3.8) is 0 Å². The van der Waals surface area contributed by atoms with Crippen molar-refractivity contribution in [1.29, 1.82) is 0 Å². The van der Waals surface area contributed by atoms with Crippen molar-refractivity contribution in [3.05, 3.63) is 154 Å². The lowest BCUT2D eigenvalue weighted by Crippen LogP contribution is -2.37. The third-order valence-corrected chi connectivity index (χ3v) is 11.4. The largest absolute Gasteiger partial charge is 0.485 e. The van der Waals surface area contributed by atoms with E-state index in [9.17, 15) is 0 Å². The van der Waals surface area contributed by atoms with E-state index in [-0.39, 0.29) is 12.0 Å². The molecule has 3 nitrogen and oxygen atoms in total. The minimum Gasteiger partial charge on any atom is -0.485 e. The number of fused-ring (bicyclic) bond motifs is 8. The van der Waals surface area contributed by atoms with Crippen LogP contribution in [0.5, 0.6) is 0 Å². The van der Waals surface area contributed by atoms with Crippen LogP contribution in [0.15, 0.2) is 136 Å². The van der Waals surface area contributed by atoms with Crippen LogP contribution in [0.3, 0.4) is 0 Å². The number of furan rings is 1. The van der Waals surface area contributed by atoms with Crippen molar-refractivity contribution < 1.29 is 9.15 Å². The van der Waals surface area contributed by atoms with Crippen molar-refractivity contribution in [2.75, 3.05) is 4.90 Å². The van der Waals surface area contributed by atoms with E-state index < -0.39 is 0 Å². The molecule has 8 atom stereocenters. The molecule has 1 aromatic carbocycles. The molecule has 0 amide bonds. The van der Waals surface area contributed by atoms with Crippen molar-refractivity contribution >= 4 is 23.9 Å². The molecule has 0 spiro atoms. The maximum absolute atomic E-state index is 6.57. The van der Waals surface area contributed by atoms with Gasteiger partial charge in [-0.15, -0.1) is 0 Å². The molecule has 3 heterocycles. The molecule has 0 saturated carbocycles. The molecule has 0 radical (unpaired) electrons. The van der Waals surface area contributed by atoms with Gasteiger partial charge in [-0.1, -0.05) is 97.2 Å². The first-order valence-electron chi connectivity index (χ1n) is 16.8. The normalized spacial score (nSPS) is 34.4. The third-order valence-electron chi connectivity index (χ3n) is 11.4. The van der Waals surface area contributed by atoms with Gasteiger partial charge in [-0.25, -0.2) is 0 Å². The van der Waals surface area contributed by atoms with Gasteiger partial charge in [0.05, 0.1) is 12.1 Å². The lowest BCUT2D eigenvalue weighted by Gasteiger charge is -2.33. The lowest BCUT2D eigenvalue weighted by atomic mass is 9.76. The molecule has 8 unspecified atom stereocenters. The van der Waals surface area contributed by atoms with Crippen LogP contribution in [0.1, 0.15) is 30.6 Å². The standard InChI is InChI=1S/C42H37NO2/c1-3-9-26(10-4-1)27-16-19-39-33(22-27)35-24-36-34-23-29(17-20-40(34)45-42(36)25-41(35)44-39)28-15-18-38-32(21-28)31-13-7-8-14-37(31)43(38)30-11-5-2-6-12-30/h1-9,11-17,19-21,24-27,29,31,36-38,42H,10,18,22-23H2. The number of allylic oxidation sites excluding steroid dienone is 11. The highest BCUT2D eigenvalue weighted by molar-refractivity contribution is 5.62. The zero-order chi connectivity index (χ0) is 29.5. The second kappa shape index (κ2) is 10.0. The number of para-hydroxylation sites is 1. The second-order valence-electron chi connectivity index (χ2n) is 13.8. The summed E-state index contributed by atoms with van der Waals surface area (Å²) in [5.74, 6) is 4.25. The van der Waals surface area contributed by atoms with Crippen molar-refractivity contribution in [2.45, 2.75) is 43.9 Å². The molecule has 222 valence electrons. The van der Waals surface area contributed by atoms with E-state index in [1.54, 1.807) is 5.57 Å². The molecular weight excluding hydrogens is 550 g/mol. The van der Waals surface area contributed by atoms with Gasteiger partial charge in [0.25, 0.3) is 0 Å². The highest BCUT2D eigenvalue weighted by Crippen LogP contribution is 2.48. The Morgan fingerprint density at radius 2 is 1.69 bits per heavy atom. The van der Waals surface area contributed by atoms with Crippen molar-refractivity contribution in [3.8, 4) is 0 Å². The van der Waals surface area contributed by atoms with E-state index >= 15 is 0 Å². The van der Waals surface area contributed by atoms with Crippen molar-refractivity contribution in [2.24, 2.45) is 29.6 Å². The van der Waals surface area contributed by atoms with Gasteiger partial charge in [0, 0.05) is 40.3 Å². The zero-order valence-corrected chi connectivity index (χ0v) is 25.3. The van der Waals surface area contributed by atoms with E-state index in [1.807, 2.05) is 0 Å². The number of rotatable bonds is 3. The molecule has 2 aliphatic heterocycles. The fourth-order valence-corrected chi connectivity index (χ4v) is 9.25. The summed E-state index contributed by atoms with van der Waals surface area (Å²) in [4.78, 5) is 2.65. The molecule has 1 saturated heterocycles. The number of anilines is 1. The van der Waals surface area contributed by atoms with Gasteiger partial charge in [-0.05, 0) is 78.5 Å². The number of hydrogen-bond acceptors (Lipinski definition) is 3. The van der Waals surface area contributed by atoms with Gasteiger partial charge in [0.1, 0.15) is 23.0 Å². The second-order valence-corrected chi connectivity index (χ2v) is 13.8. The van der Waals surface area contributed by atoms with Crippen LogP contribution < -0.4 is 15.5 Å². The average molecular weight is 588 g/mol. The molecule has 0 bridgehead atoms. The van der Waals surface area contributed by atoms with Crippen LogP contribution in [0.25, 0.3) is 18.2 Å². The molecule has 3 heteroatoms. The first-order valence-corrected chi connectivity index (χ1v) is 16.8. The van der Waals surface area contributed by atoms with E-state index in [0.717, 1.165) is 42.6 Å². The summed E-state index contributed by atoms with van der Waals surface area (Å²) >= 11 is 0. The smallest absolute Gasteiger partial charge is 0.134 e. The topological polar surface area (TPSA) is 25.6 Å². The Hall–Kier alpha value is -4.50. The Labute approximate surface area is 264 Å². The van der Waals surface area contributed by atoms with Crippen LogP contribution in [0.2, 0.25) is 0 Å². The molecule has 10 rings (SSSR count). The molecule has 1 fully saturated rings. The summed E-state index contributed by atoms with van der Waals surface area (Å²) in [5.41, 5.74) is 8.17. The summed E-state index contributed by atoms with van der Waals surface area (Å²) in [6, 6.07) is 11.8. The maximum Gasteiger partial charge on any atom is 0.134 e. The first kappa shape index (κ1) is 25.8. The summed E-state index contributed by atoms with van der Waals surface area (Å²) in [6.45, 7) is 0. The highest BCUT2D eigenvalue weighted by atomic mass is 16.5. The van der Waals surface area contributed by atoms with Gasteiger partial charge in [0.15, 0.2) is 0 Å². The van der Waals surface area contributed by atoms with Crippen molar-refractivity contribution in [1.82, 2.24) is 0 Å². The van der Waals surface area contributed by atoms with Gasteiger partial charge >= 0.3 is 0 Å². The zero-order valence-electron chi connectivity index (χ0n) is 25.3. The fourth-order valence-electron chi connectivity index (χ4n) is 9.25. The van der Waals surface area contributed by atoms with Crippen LogP contribution in [0, 0.1) is 29.6 Å². The van der Waals surface area contributed by atoms with Crippen LogP contribution in [0.4, 0.5) is 5.69 Å². The molecule has 0 N–H and O–H groups in total. The van der Waals surface area contributed by atoms with Crippen LogP contribution in [-0.4, -0.2) is 18.2 Å². The Bertz CT molecular complexity index is 1990. The fraction of sp³-hybridized carbons (Fsp3) is 0.286. The third kappa shape index (κ3) is 4.02. The summed E-state index contributed by atoms with van der Waals surface area (Å²) in [7, 11) is 0. The highest BCUT2D eigenvalue weighted by Gasteiger charge is 2.45. The quantitative estimate of drug-likeness (QED) is 0.378. The Morgan fingerprint density at radius 1 is 0.778 bits per heavy atom. The minimum absolute atomic E-state index is 0.0157. The molecule has 1 aromatic heterocycles. The first-order chi connectivity index (χ1) is 22.3. The van der Waals surface area contributed by atoms with Gasteiger partial charge < -0.3 is 14.1 Å². The van der Waals surface area contributed by atoms with E-state index in [0.29, 0.717) is 35.8 Å². The summed E-state index contributed by atoms with van der Waals surface area (Å²) < 4.78 is 13.0. The summed E-state index contributed by atoms with van der Waals surface area (Å²) in [5, 5.41) is 1.30. The Morgan fingerprint density at radius 3 is 2.60 bits per heavy atom.